The lowest BCUT2D eigenvalue weighted by Crippen LogP contribution is -2.64. The molecular weight excluding hydrogens is 439 g/mol. The SMILES string of the molecule is CCOC(=O)c1cc2n(n1)CC(C)(C(=O)NCc1ccc(F)cc1)N(c1ccccc1C)C2=O. The molecule has 0 saturated heterocycles. The molecule has 0 saturated carbocycles. The number of hydrogen-bond acceptors (Lipinski definition) is 5. The van der Waals surface area contributed by atoms with E-state index in [0.29, 0.717) is 11.3 Å². The van der Waals surface area contributed by atoms with Gasteiger partial charge in [0.15, 0.2) is 5.69 Å². The molecule has 2 aromatic carbocycles. The van der Waals surface area contributed by atoms with Gasteiger partial charge in [-0.05, 0) is 50.1 Å². The van der Waals surface area contributed by atoms with Crippen molar-refractivity contribution in [1.29, 1.82) is 0 Å². The van der Waals surface area contributed by atoms with Gasteiger partial charge >= 0.3 is 5.97 Å². The van der Waals surface area contributed by atoms with E-state index in [1.54, 1.807) is 38.1 Å². The first-order valence-electron chi connectivity index (χ1n) is 10.9. The lowest BCUT2D eigenvalue weighted by atomic mass is 9.93. The monoisotopic (exact) mass is 464 g/mol. The first-order chi connectivity index (χ1) is 16.2. The van der Waals surface area contributed by atoms with Crippen LogP contribution in [0.15, 0.2) is 54.6 Å². The summed E-state index contributed by atoms with van der Waals surface area (Å²) in [4.78, 5) is 40.9. The van der Waals surface area contributed by atoms with Crippen molar-refractivity contribution in [2.45, 2.75) is 39.4 Å². The van der Waals surface area contributed by atoms with Crippen LogP contribution in [0.1, 0.15) is 46.0 Å². The van der Waals surface area contributed by atoms with Gasteiger partial charge in [0.25, 0.3) is 5.91 Å². The highest BCUT2D eigenvalue weighted by molar-refractivity contribution is 6.12. The van der Waals surface area contributed by atoms with Gasteiger partial charge in [0.2, 0.25) is 5.91 Å². The van der Waals surface area contributed by atoms with E-state index in [1.165, 1.54) is 27.8 Å². The second kappa shape index (κ2) is 9.09. The van der Waals surface area contributed by atoms with Crippen LogP contribution in [0.2, 0.25) is 0 Å². The highest BCUT2D eigenvalue weighted by Gasteiger charge is 2.49. The average molecular weight is 464 g/mol. The van der Waals surface area contributed by atoms with Gasteiger partial charge in [-0.1, -0.05) is 30.3 Å². The van der Waals surface area contributed by atoms with Gasteiger partial charge in [-0.15, -0.1) is 0 Å². The minimum Gasteiger partial charge on any atom is -0.461 e. The number of rotatable bonds is 6. The second-order valence-electron chi connectivity index (χ2n) is 8.30. The van der Waals surface area contributed by atoms with Crippen LogP contribution in [0.3, 0.4) is 0 Å². The van der Waals surface area contributed by atoms with E-state index in [-0.39, 0.29) is 36.9 Å². The number of hydrogen-bond donors (Lipinski definition) is 1. The third kappa shape index (κ3) is 4.16. The number of carbonyl (C=O) groups is 3. The molecule has 0 fully saturated rings. The first-order valence-corrected chi connectivity index (χ1v) is 10.9. The zero-order chi connectivity index (χ0) is 24.5. The molecule has 0 aliphatic carbocycles. The number of amides is 2. The van der Waals surface area contributed by atoms with Crippen molar-refractivity contribution in [2.75, 3.05) is 11.5 Å². The van der Waals surface area contributed by atoms with Crippen LogP contribution in [0.5, 0.6) is 0 Å². The number of anilines is 1. The van der Waals surface area contributed by atoms with E-state index < -0.39 is 23.3 Å². The van der Waals surface area contributed by atoms with Gasteiger partial charge < -0.3 is 10.1 Å². The number of aromatic nitrogens is 2. The molecule has 1 aromatic heterocycles. The van der Waals surface area contributed by atoms with Crippen LogP contribution in [0.4, 0.5) is 10.1 Å². The Hall–Kier alpha value is -4.01. The van der Waals surface area contributed by atoms with Crippen molar-refractivity contribution in [3.8, 4) is 0 Å². The predicted octanol–water partition coefficient (Wildman–Crippen LogP) is 3.24. The van der Waals surface area contributed by atoms with E-state index >= 15 is 0 Å². The number of carbonyl (C=O) groups excluding carboxylic acids is 3. The zero-order valence-electron chi connectivity index (χ0n) is 19.2. The molecule has 1 atom stereocenters. The number of halogens is 1. The fourth-order valence-corrected chi connectivity index (χ4v) is 4.05. The van der Waals surface area contributed by atoms with Gasteiger partial charge in [-0.25, -0.2) is 9.18 Å². The highest BCUT2D eigenvalue weighted by Crippen LogP contribution is 2.34. The van der Waals surface area contributed by atoms with Crippen LogP contribution in [0, 0.1) is 12.7 Å². The van der Waals surface area contributed by atoms with Crippen molar-refractivity contribution < 1.29 is 23.5 Å². The molecule has 1 unspecified atom stereocenters. The Balaban J connectivity index is 1.72. The average Bonchev–Trinajstić information content (AvgIpc) is 3.24. The predicted molar refractivity (Wildman–Crippen MR) is 123 cm³/mol. The van der Waals surface area contributed by atoms with E-state index in [0.717, 1.165) is 5.56 Å². The summed E-state index contributed by atoms with van der Waals surface area (Å²) in [5, 5.41) is 7.11. The molecule has 4 rings (SSSR count). The summed E-state index contributed by atoms with van der Waals surface area (Å²) in [5.74, 6) is -1.87. The molecule has 176 valence electrons. The van der Waals surface area contributed by atoms with Crippen molar-refractivity contribution in [3.05, 3.63) is 82.9 Å². The van der Waals surface area contributed by atoms with E-state index in [9.17, 15) is 18.8 Å². The summed E-state index contributed by atoms with van der Waals surface area (Å²) in [6, 6.07) is 14.5. The molecule has 8 nitrogen and oxygen atoms in total. The Morgan fingerprint density at radius 3 is 2.56 bits per heavy atom. The smallest absolute Gasteiger partial charge is 0.358 e. The Morgan fingerprint density at radius 1 is 1.18 bits per heavy atom. The Labute approximate surface area is 196 Å². The van der Waals surface area contributed by atoms with Crippen LogP contribution in [0.25, 0.3) is 0 Å². The fraction of sp³-hybridized carbons (Fsp3) is 0.280. The van der Waals surface area contributed by atoms with E-state index in [1.807, 2.05) is 19.1 Å². The van der Waals surface area contributed by atoms with Crippen LogP contribution < -0.4 is 10.2 Å². The molecular formula is C25H25FN4O4. The number of para-hydroxylation sites is 1. The Morgan fingerprint density at radius 2 is 1.88 bits per heavy atom. The Kier molecular flexibility index (Phi) is 6.19. The second-order valence-corrected chi connectivity index (χ2v) is 8.30. The summed E-state index contributed by atoms with van der Waals surface area (Å²) < 4.78 is 19.6. The maximum atomic E-state index is 13.7. The zero-order valence-corrected chi connectivity index (χ0v) is 19.2. The standard InChI is InChI=1S/C25H25FN4O4/c1-4-34-23(32)19-13-21-22(31)30(20-8-6-5-7-16(20)2)25(3,15-29(21)28-19)24(33)27-14-17-9-11-18(26)12-10-17/h5-13H,4,14-15H2,1-3H3,(H,27,33). The molecule has 1 N–H and O–H groups in total. The van der Waals surface area contributed by atoms with Crippen LogP contribution in [-0.2, 0) is 22.6 Å². The van der Waals surface area contributed by atoms with E-state index in [2.05, 4.69) is 10.4 Å². The molecule has 3 aromatic rings. The van der Waals surface area contributed by atoms with Crippen molar-refractivity contribution in [3.63, 3.8) is 0 Å². The van der Waals surface area contributed by atoms with Crippen molar-refractivity contribution in [1.82, 2.24) is 15.1 Å². The summed E-state index contributed by atoms with van der Waals surface area (Å²) in [5.41, 5.74) is 0.950. The molecule has 1 aliphatic heterocycles. The van der Waals surface area contributed by atoms with Gasteiger partial charge in [0.1, 0.15) is 17.1 Å². The van der Waals surface area contributed by atoms with Crippen molar-refractivity contribution in [2.24, 2.45) is 0 Å². The molecule has 34 heavy (non-hydrogen) atoms. The first kappa shape index (κ1) is 23.2. The van der Waals surface area contributed by atoms with Gasteiger partial charge in [-0.3, -0.25) is 19.2 Å². The third-order valence-electron chi connectivity index (χ3n) is 5.85. The van der Waals surface area contributed by atoms with Crippen LogP contribution in [-0.4, -0.2) is 39.7 Å². The largest absolute Gasteiger partial charge is 0.461 e. The van der Waals surface area contributed by atoms with Crippen LogP contribution >= 0.6 is 0 Å². The lowest BCUT2D eigenvalue weighted by Gasteiger charge is -2.43. The van der Waals surface area contributed by atoms with Gasteiger partial charge in [-0.2, -0.15) is 5.10 Å². The fourth-order valence-electron chi connectivity index (χ4n) is 4.05. The minimum atomic E-state index is -1.35. The summed E-state index contributed by atoms with van der Waals surface area (Å²) in [6.07, 6.45) is 0. The number of esters is 1. The number of ether oxygens (including phenoxy) is 1. The Bertz CT molecular complexity index is 1250. The number of benzene rings is 2. The normalized spacial score (nSPS) is 17.3. The van der Waals surface area contributed by atoms with E-state index in [4.69, 9.17) is 4.74 Å². The summed E-state index contributed by atoms with van der Waals surface area (Å²) in [6.45, 7) is 5.55. The topological polar surface area (TPSA) is 93.5 Å². The minimum absolute atomic E-state index is 0.00547. The molecule has 1 aliphatic rings. The highest BCUT2D eigenvalue weighted by atomic mass is 19.1. The quantitative estimate of drug-likeness (QED) is 0.566. The maximum Gasteiger partial charge on any atom is 0.358 e. The number of aryl methyl sites for hydroxylation is 1. The molecule has 2 amide bonds. The van der Waals surface area contributed by atoms with Crippen molar-refractivity contribution >= 4 is 23.5 Å². The maximum absolute atomic E-state index is 13.7. The molecule has 2 heterocycles. The summed E-state index contributed by atoms with van der Waals surface area (Å²) in [7, 11) is 0. The lowest BCUT2D eigenvalue weighted by molar-refractivity contribution is -0.126. The molecule has 0 radical (unpaired) electrons. The number of fused-ring (bicyclic) bond motifs is 1. The molecule has 0 spiro atoms. The molecule has 0 bridgehead atoms. The summed E-state index contributed by atoms with van der Waals surface area (Å²) >= 11 is 0. The van der Waals surface area contributed by atoms with Gasteiger partial charge in [0.05, 0.1) is 13.2 Å². The molecule has 9 heteroatoms. The number of nitrogens with one attached hydrogen (secondary N) is 1. The number of nitrogens with zero attached hydrogens (tertiary/aromatic N) is 3. The van der Waals surface area contributed by atoms with Gasteiger partial charge in [0, 0.05) is 18.3 Å². The third-order valence-corrected chi connectivity index (χ3v) is 5.85.